The highest BCUT2D eigenvalue weighted by atomic mass is 32.2. The zero-order valence-corrected chi connectivity index (χ0v) is 13.9. The number of benzene rings is 1. The van der Waals surface area contributed by atoms with Gasteiger partial charge in [-0.15, -0.1) is 0 Å². The summed E-state index contributed by atoms with van der Waals surface area (Å²) in [6.07, 6.45) is 2.03. The number of rotatable bonds is 7. The van der Waals surface area contributed by atoms with Crippen molar-refractivity contribution in [2.45, 2.75) is 32.9 Å². The van der Waals surface area contributed by atoms with Crippen LogP contribution in [0.4, 0.5) is 5.69 Å². The van der Waals surface area contributed by atoms with Crippen molar-refractivity contribution in [2.24, 2.45) is 0 Å². The highest BCUT2D eigenvalue weighted by molar-refractivity contribution is 7.92. The molecule has 0 radical (unpaired) electrons. The van der Waals surface area contributed by atoms with E-state index in [1.165, 1.54) is 0 Å². The molecule has 1 aromatic carbocycles. The lowest BCUT2D eigenvalue weighted by molar-refractivity contribution is 0.435. The van der Waals surface area contributed by atoms with Crippen molar-refractivity contribution in [1.29, 1.82) is 0 Å². The average Bonchev–Trinajstić information content (AvgIpc) is 2.91. The van der Waals surface area contributed by atoms with Crippen LogP contribution in [0.25, 0.3) is 0 Å². The van der Waals surface area contributed by atoms with Crippen LogP contribution in [0.15, 0.2) is 40.8 Å². The Kier molecular flexibility index (Phi) is 5.26. The topological polar surface area (TPSA) is 71.3 Å². The Morgan fingerprint density at radius 1 is 1.18 bits per heavy atom. The van der Waals surface area contributed by atoms with Gasteiger partial charge in [-0.1, -0.05) is 19.1 Å². The van der Waals surface area contributed by atoms with Crippen molar-refractivity contribution in [3.8, 4) is 0 Å². The third-order valence-electron chi connectivity index (χ3n) is 3.34. The molecule has 2 rings (SSSR count). The second-order valence-corrected chi connectivity index (χ2v) is 7.07. The molecule has 1 aromatic heterocycles. The number of nitrogens with one attached hydrogen (secondary N) is 2. The second-order valence-electron chi connectivity index (χ2n) is 5.32. The van der Waals surface area contributed by atoms with E-state index in [-0.39, 0.29) is 6.04 Å². The third-order valence-corrected chi connectivity index (χ3v) is 3.94. The van der Waals surface area contributed by atoms with Gasteiger partial charge in [0.2, 0.25) is 10.0 Å². The zero-order chi connectivity index (χ0) is 16.2. The van der Waals surface area contributed by atoms with Gasteiger partial charge in [-0.25, -0.2) is 8.42 Å². The van der Waals surface area contributed by atoms with Gasteiger partial charge in [-0.05, 0) is 36.8 Å². The first-order valence-electron chi connectivity index (χ1n) is 7.26. The smallest absolute Gasteiger partial charge is 0.229 e. The van der Waals surface area contributed by atoms with Crippen LogP contribution < -0.4 is 10.0 Å². The molecule has 120 valence electrons. The van der Waals surface area contributed by atoms with Crippen molar-refractivity contribution in [3.05, 3.63) is 53.5 Å². The van der Waals surface area contributed by atoms with Crippen molar-refractivity contribution in [3.63, 3.8) is 0 Å². The molecule has 0 saturated heterocycles. The molecule has 1 unspecified atom stereocenters. The minimum absolute atomic E-state index is 0.0801. The summed E-state index contributed by atoms with van der Waals surface area (Å²) in [5, 5.41) is 3.37. The van der Waals surface area contributed by atoms with Gasteiger partial charge in [-0.2, -0.15) is 0 Å². The molecule has 0 aliphatic rings. The number of furan rings is 1. The predicted octanol–water partition coefficient (Wildman–Crippen LogP) is 3.06. The predicted molar refractivity (Wildman–Crippen MR) is 88.2 cm³/mol. The van der Waals surface area contributed by atoms with Crippen molar-refractivity contribution in [1.82, 2.24) is 5.32 Å². The van der Waals surface area contributed by atoms with Crippen LogP contribution in [0.5, 0.6) is 0 Å². The van der Waals surface area contributed by atoms with Crippen molar-refractivity contribution < 1.29 is 12.8 Å². The van der Waals surface area contributed by atoms with E-state index >= 15 is 0 Å². The Bertz CT molecular complexity index is 722. The summed E-state index contributed by atoms with van der Waals surface area (Å²) in [6.45, 7) is 4.72. The SMILES string of the molecule is CCc1ccc(CNC(C)c2cccc(NS(C)(=O)=O)c2)o1. The lowest BCUT2D eigenvalue weighted by atomic mass is 10.1. The lowest BCUT2D eigenvalue weighted by Gasteiger charge is -2.15. The molecule has 0 bridgehead atoms. The number of anilines is 1. The van der Waals surface area contributed by atoms with Gasteiger partial charge in [0.15, 0.2) is 0 Å². The molecule has 5 nitrogen and oxygen atoms in total. The summed E-state index contributed by atoms with van der Waals surface area (Å²) < 4.78 is 30.7. The van der Waals surface area contributed by atoms with Gasteiger partial charge >= 0.3 is 0 Å². The van der Waals surface area contributed by atoms with Gasteiger partial charge in [0, 0.05) is 18.2 Å². The molecule has 6 heteroatoms. The highest BCUT2D eigenvalue weighted by Crippen LogP contribution is 2.19. The Balaban J connectivity index is 1.99. The van der Waals surface area contributed by atoms with Gasteiger partial charge in [-0.3, -0.25) is 4.72 Å². The summed E-state index contributed by atoms with van der Waals surface area (Å²) in [7, 11) is -3.26. The van der Waals surface area contributed by atoms with Crippen LogP contribution in [0.1, 0.15) is 37.0 Å². The Labute approximate surface area is 131 Å². The van der Waals surface area contributed by atoms with Gasteiger partial charge < -0.3 is 9.73 Å². The summed E-state index contributed by atoms with van der Waals surface area (Å²) >= 11 is 0. The fraction of sp³-hybridized carbons (Fsp3) is 0.375. The number of hydrogen-bond donors (Lipinski definition) is 2. The molecule has 0 fully saturated rings. The second kappa shape index (κ2) is 6.98. The first kappa shape index (κ1) is 16.6. The van der Waals surface area contributed by atoms with Crippen molar-refractivity contribution in [2.75, 3.05) is 11.0 Å². The average molecular weight is 322 g/mol. The van der Waals surface area contributed by atoms with E-state index in [4.69, 9.17) is 4.42 Å². The van der Waals surface area contributed by atoms with E-state index < -0.39 is 10.0 Å². The fourth-order valence-corrected chi connectivity index (χ4v) is 2.72. The van der Waals surface area contributed by atoms with Gasteiger partial charge in [0.25, 0.3) is 0 Å². The largest absolute Gasteiger partial charge is 0.465 e. The molecule has 22 heavy (non-hydrogen) atoms. The monoisotopic (exact) mass is 322 g/mol. The molecule has 2 aromatic rings. The quantitative estimate of drug-likeness (QED) is 0.822. The maximum absolute atomic E-state index is 11.3. The molecule has 0 aliphatic carbocycles. The Morgan fingerprint density at radius 2 is 1.91 bits per heavy atom. The first-order chi connectivity index (χ1) is 10.4. The molecule has 1 atom stereocenters. The van der Waals surface area contributed by atoms with Crippen LogP contribution in [-0.2, 0) is 23.0 Å². The van der Waals surface area contributed by atoms with E-state index in [1.807, 2.05) is 37.3 Å². The van der Waals surface area contributed by atoms with Crippen LogP contribution in [0, 0.1) is 0 Å². The molecular formula is C16H22N2O3S. The number of aryl methyl sites for hydroxylation is 1. The lowest BCUT2D eigenvalue weighted by Crippen LogP contribution is -2.18. The third kappa shape index (κ3) is 4.89. The normalized spacial score (nSPS) is 13.0. The highest BCUT2D eigenvalue weighted by Gasteiger charge is 2.09. The van der Waals surface area contributed by atoms with Crippen LogP contribution in [0.3, 0.4) is 0 Å². The first-order valence-corrected chi connectivity index (χ1v) is 9.15. The summed E-state index contributed by atoms with van der Waals surface area (Å²) in [4.78, 5) is 0. The number of hydrogen-bond acceptors (Lipinski definition) is 4. The fourth-order valence-electron chi connectivity index (χ4n) is 2.16. The van der Waals surface area contributed by atoms with E-state index in [0.29, 0.717) is 12.2 Å². The summed E-state index contributed by atoms with van der Waals surface area (Å²) in [6, 6.07) is 11.4. The van der Waals surface area contributed by atoms with E-state index in [2.05, 4.69) is 17.0 Å². The minimum Gasteiger partial charge on any atom is -0.465 e. The summed E-state index contributed by atoms with van der Waals surface area (Å²) in [5.74, 6) is 1.87. The van der Waals surface area contributed by atoms with E-state index in [1.54, 1.807) is 6.07 Å². The minimum atomic E-state index is -3.26. The molecule has 0 saturated carbocycles. The Morgan fingerprint density at radius 3 is 2.55 bits per heavy atom. The molecule has 0 amide bonds. The van der Waals surface area contributed by atoms with Crippen LogP contribution in [0.2, 0.25) is 0 Å². The van der Waals surface area contributed by atoms with Gasteiger partial charge in [0.05, 0.1) is 12.8 Å². The Hall–Kier alpha value is -1.79. The number of sulfonamides is 1. The zero-order valence-electron chi connectivity index (χ0n) is 13.1. The van der Waals surface area contributed by atoms with Crippen molar-refractivity contribution >= 4 is 15.7 Å². The van der Waals surface area contributed by atoms with Gasteiger partial charge in [0.1, 0.15) is 11.5 Å². The van der Waals surface area contributed by atoms with E-state index in [0.717, 1.165) is 29.8 Å². The summed E-state index contributed by atoms with van der Waals surface area (Å²) in [5.41, 5.74) is 1.58. The molecular weight excluding hydrogens is 300 g/mol. The molecule has 1 heterocycles. The standard InChI is InChI=1S/C16H22N2O3S/c1-4-15-8-9-16(21-15)11-17-12(2)13-6-5-7-14(10-13)18-22(3,19)20/h5-10,12,17-18H,4,11H2,1-3H3. The maximum atomic E-state index is 11.3. The molecule has 0 spiro atoms. The maximum Gasteiger partial charge on any atom is 0.229 e. The van der Waals surface area contributed by atoms with Crippen LogP contribution in [-0.4, -0.2) is 14.7 Å². The molecule has 2 N–H and O–H groups in total. The molecule has 0 aliphatic heterocycles. The van der Waals surface area contributed by atoms with E-state index in [9.17, 15) is 8.42 Å². The van der Waals surface area contributed by atoms with Crippen LogP contribution >= 0.6 is 0 Å².